The van der Waals surface area contributed by atoms with Crippen molar-refractivity contribution in [1.29, 1.82) is 5.26 Å². The molecule has 0 unspecified atom stereocenters. The van der Waals surface area contributed by atoms with Gasteiger partial charge in [0.25, 0.3) is 5.56 Å². The Morgan fingerprint density at radius 2 is 1.97 bits per heavy atom. The van der Waals surface area contributed by atoms with Gasteiger partial charge in [-0.25, -0.2) is 4.98 Å². The van der Waals surface area contributed by atoms with Crippen LogP contribution >= 0.6 is 0 Å². The molecular weight excluding hydrogens is 407 g/mol. The Bertz CT molecular complexity index is 1420. The second-order valence-electron chi connectivity index (χ2n) is 6.89. The maximum atomic E-state index is 13.0. The summed E-state index contributed by atoms with van der Waals surface area (Å²) in [7, 11) is 0. The number of nitriles is 1. The van der Waals surface area contributed by atoms with Crippen LogP contribution in [0.3, 0.4) is 0 Å². The quantitative estimate of drug-likeness (QED) is 0.438. The molecule has 2 aromatic heterocycles. The molecule has 2 heterocycles. The molecule has 0 saturated carbocycles. The van der Waals surface area contributed by atoms with Gasteiger partial charge >= 0.3 is 6.18 Å². The Balaban J connectivity index is 1.72. The molecule has 154 valence electrons. The number of nitrogens with zero attached hydrogens (tertiary/aromatic N) is 2. The molecule has 0 fully saturated rings. The van der Waals surface area contributed by atoms with Gasteiger partial charge in [-0.05, 0) is 48.9 Å². The lowest BCUT2D eigenvalue weighted by Crippen LogP contribution is -2.11. The summed E-state index contributed by atoms with van der Waals surface area (Å²) in [5.41, 5.74) is 0.487. The van der Waals surface area contributed by atoms with Crippen molar-refractivity contribution in [3.8, 4) is 17.4 Å². The lowest BCUT2D eigenvalue weighted by molar-refractivity contribution is -0.137. The van der Waals surface area contributed by atoms with E-state index in [4.69, 9.17) is 4.42 Å². The fraction of sp³-hybridized carbons (Fsp3) is 0.0870. The number of alkyl halides is 3. The van der Waals surface area contributed by atoms with Gasteiger partial charge in [-0.1, -0.05) is 18.2 Å². The molecule has 0 bridgehead atoms. The van der Waals surface area contributed by atoms with Crippen molar-refractivity contribution in [1.82, 2.24) is 9.97 Å². The standard InChI is InChI=1S/C23H14F3N3O2/c1-13-5-7-18-19(9-13)28-21(29-22(18)30)15(12-27)11-17-6-8-20(31-17)14-3-2-4-16(10-14)23(24,25)26/h2-11H,1H3,(H,28,29,30)/b15-11+. The summed E-state index contributed by atoms with van der Waals surface area (Å²) in [6.07, 6.45) is -3.09. The van der Waals surface area contributed by atoms with Gasteiger partial charge in [0.2, 0.25) is 0 Å². The smallest absolute Gasteiger partial charge is 0.416 e. The summed E-state index contributed by atoms with van der Waals surface area (Å²) < 4.78 is 44.5. The molecule has 0 amide bonds. The first-order valence-electron chi connectivity index (χ1n) is 9.15. The highest BCUT2D eigenvalue weighted by Gasteiger charge is 2.30. The molecule has 8 heteroatoms. The Hall–Kier alpha value is -4.12. The Labute approximate surface area is 174 Å². The van der Waals surface area contributed by atoms with E-state index >= 15 is 0 Å². The van der Waals surface area contributed by atoms with Gasteiger partial charge in [0.1, 0.15) is 17.6 Å². The van der Waals surface area contributed by atoms with Crippen molar-refractivity contribution in [2.45, 2.75) is 13.1 Å². The third kappa shape index (κ3) is 4.12. The number of aromatic nitrogens is 2. The van der Waals surface area contributed by atoms with Crippen molar-refractivity contribution in [3.05, 3.63) is 87.7 Å². The van der Waals surface area contributed by atoms with E-state index in [1.807, 2.05) is 13.0 Å². The molecule has 0 aliphatic rings. The van der Waals surface area contributed by atoms with E-state index in [1.165, 1.54) is 30.3 Å². The summed E-state index contributed by atoms with van der Waals surface area (Å²) >= 11 is 0. The molecule has 0 aliphatic carbocycles. The molecule has 0 aliphatic heterocycles. The van der Waals surface area contributed by atoms with Crippen LogP contribution in [0.1, 0.15) is 22.7 Å². The number of hydrogen-bond donors (Lipinski definition) is 1. The largest absolute Gasteiger partial charge is 0.457 e. The van der Waals surface area contributed by atoms with E-state index in [0.29, 0.717) is 10.9 Å². The van der Waals surface area contributed by atoms with E-state index in [1.54, 1.807) is 18.2 Å². The third-order valence-electron chi connectivity index (χ3n) is 4.63. The van der Waals surface area contributed by atoms with Gasteiger partial charge in [-0.15, -0.1) is 0 Å². The fourth-order valence-electron chi connectivity index (χ4n) is 3.11. The molecule has 31 heavy (non-hydrogen) atoms. The molecular formula is C23H14F3N3O2. The van der Waals surface area contributed by atoms with E-state index < -0.39 is 11.7 Å². The van der Waals surface area contributed by atoms with Gasteiger partial charge in [0.15, 0.2) is 5.82 Å². The van der Waals surface area contributed by atoms with Crippen molar-refractivity contribution in [2.24, 2.45) is 0 Å². The number of nitrogens with one attached hydrogen (secondary N) is 1. The van der Waals surface area contributed by atoms with Gasteiger partial charge in [-0.3, -0.25) is 4.79 Å². The Morgan fingerprint density at radius 3 is 2.71 bits per heavy atom. The summed E-state index contributed by atoms with van der Waals surface area (Å²) in [6, 6.07) is 14.9. The second kappa shape index (κ2) is 7.61. The van der Waals surface area contributed by atoms with E-state index in [0.717, 1.165) is 17.7 Å². The Kier molecular flexibility index (Phi) is 4.95. The molecule has 4 rings (SSSR count). The van der Waals surface area contributed by atoms with E-state index in [2.05, 4.69) is 9.97 Å². The number of aryl methyl sites for hydroxylation is 1. The van der Waals surface area contributed by atoms with Crippen LogP contribution in [0.5, 0.6) is 0 Å². The van der Waals surface area contributed by atoms with Gasteiger partial charge in [0.05, 0.1) is 22.0 Å². The zero-order valence-electron chi connectivity index (χ0n) is 16.1. The van der Waals surface area contributed by atoms with E-state index in [9.17, 15) is 23.2 Å². The minimum Gasteiger partial charge on any atom is -0.457 e. The normalized spacial score (nSPS) is 12.2. The maximum absolute atomic E-state index is 13.0. The highest BCUT2D eigenvalue weighted by molar-refractivity contribution is 5.88. The van der Waals surface area contributed by atoms with Crippen molar-refractivity contribution in [2.75, 3.05) is 0 Å². The summed E-state index contributed by atoms with van der Waals surface area (Å²) in [6.45, 7) is 1.86. The molecule has 5 nitrogen and oxygen atoms in total. The first-order chi connectivity index (χ1) is 14.7. The molecule has 1 N–H and O–H groups in total. The van der Waals surface area contributed by atoms with Crippen LogP contribution in [-0.4, -0.2) is 9.97 Å². The van der Waals surface area contributed by atoms with Gasteiger partial charge in [-0.2, -0.15) is 18.4 Å². The van der Waals surface area contributed by atoms with Gasteiger partial charge in [0, 0.05) is 11.6 Å². The average Bonchev–Trinajstić information content (AvgIpc) is 3.20. The van der Waals surface area contributed by atoms with Crippen LogP contribution in [0.25, 0.3) is 33.9 Å². The number of halogens is 3. The number of furan rings is 1. The maximum Gasteiger partial charge on any atom is 0.416 e. The summed E-state index contributed by atoms with van der Waals surface area (Å²) in [4.78, 5) is 19.3. The topological polar surface area (TPSA) is 82.7 Å². The van der Waals surface area contributed by atoms with Crippen molar-refractivity contribution in [3.63, 3.8) is 0 Å². The molecule has 0 radical (unpaired) electrons. The van der Waals surface area contributed by atoms with Crippen LogP contribution in [-0.2, 0) is 6.18 Å². The predicted octanol–water partition coefficient (Wildman–Crippen LogP) is 5.57. The zero-order valence-corrected chi connectivity index (χ0v) is 16.1. The number of aromatic amines is 1. The number of fused-ring (bicyclic) bond motifs is 1. The highest BCUT2D eigenvalue weighted by Crippen LogP contribution is 2.33. The second-order valence-corrected chi connectivity index (χ2v) is 6.89. The summed E-state index contributed by atoms with van der Waals surface area (Å²) in [5.74, 6) is 0.517. The number of rotatable bonds is 3. The third-order valence-corrected chi connectivity index (χ3v) is 4.63. The molecule has 4 aromatic rings. The van der Waals surface area contributed by atoms with Crippen molar-refractivity contribution < 1.29 is 17.6 Å². The first-order valence-corrected chi connectivity index (χ1v) is 9.15. The highest BCUT2D eigenvalue weighted by atomic mass is 19.4. The minimum atomic E-state index is -4.47. The Morgan fingerprint density at radius 1 is 1.16 bits per heavy atom. The van der Waals surface area contributed by atoms with Crippen LogP contribution in [0.4, 0.5) is 13.2 Å². The van der Waals surface area contributed by atoms with Crippen molar-refractivity contribution >= 4 is 22.6 Å². The molecule has 2 aromatic carbocycles. The van der Waals surface area contributed by atoms with E-state index in [-0.39, 0.29) is 34.0 Å². The van der Waals surface area contributed by atoms with Crippen LogP contribution in [0.2, 0.25) is 0 Å². The monoisotopic (exact) mass is 421 g/mol. The first kappa shape index (κ1) is 20.2. The minimum absolute atomic E-state index is 0.0467. The number of hydrogen-bond acceptors (Lipinski definition) is 4. The molecule has 0 spiro atoms. The van der Waals surface area contributed by atoms with Gasteiger partial charge < -0.3 is 9.40 Å². The fourth-order valence-corrected chi connectivity index (χ4v) is 3.11. The summed E-state index contributed by atoms with van der Waals surface area (Å²) in [5, 5.41) is 9.96. The van der Waals surface area contributed by atoms with Crippen LogP contribution < -0.4 is 5.56 Å². The van der Waals surface area contributed by atoms with Crippen LogP contribution in [0.15, 0.2) is 63.8 Å². The lowest BCUT2D eigenvalue weighted by Gasteiger charge is -2.07. The predicted molar refractivity (Wildman–Crippen MR) is 110 cm³/mol. The zero-order chi connectivity index (χ0) is 22.2. The number of allylic oxidation sites excluding steroid dienone is 1. The number of H-pyrrole nitrogens is 1. The number of benzene rings is 2. The van der Waals surface area contributed by atoms with Crippen LogP contribution in [0, 0.1) is 18.3 Å². The molecule has 0 atom stereocenters. The SMILES string of the molecule is Cc1ccc2c(=O)[nH]c(/C(C#N)=C/c3ccc(-c4cccc(C(F)(F)F)c4)o3)nc2c1. The molecule has 0 saturated heterocycles. The lowest BCUT2D eigenvalue weighted by atomic mass is 10.1. The average molecular weight is 421 g/mol.